The zero-order valence-electron chi connectivity index (χ0n) is 18.3. The lowest BCUT2D eigenvalue weighted by atomic mass is 10.0. The number of esters is 1. The van der Waals surface area contributed by atoms with E-state index >= 15 is 0 Å². The molecule has 162 valence electrons. The number of hydrogen-bond acceptors (Lipinski definition) is 5. The van der Waals surface area contributed by atoms with Crippen LogP contribution in [-0.4, -0.2) is 22.5 Å². The summed E-state index contributed by atoms with van der Waals surface area (Å²) in [4.78, 5) is 20.6. The summed E-state index contributed by atoms with van der Waals surface area (Å²) >= 11 is 0. The van der Waals surface area contributed by atoms with Gasteiger partial charge in [-0.15, -0.1) is 0 Å². The van der Waals surface area contributed by atoms with Gasteiger partial charge in [-0.2, -0.15) is 0 Å². The van der Waals surface area contributed by atoms with Crippen molar-refractivity contribution in [2.75, 3.05) is 6.61 Å². The Morgan fingerprint density at radius 1 is 0.806 bits per heavy atom. The molecule has 0 fully saturated rings. The molecule has 0 saturated carbocycles. The number of carbonyl (C=O) groups excluding carboxylic acids is 1. The van der Waals surface area contributed by atoms with Crippen molar-refractivity contribution in [1.82, 2.24) is 9.97 Å². The smallest absolute Gasteiger partial charge is 0.345 e. The minimum Gasteiger partial charge on any atom is -0.494 e. The van der Waals surface area contributed by atoms with Crippen LogP contribution >= 0.6 is 0 Å². The Kier molecular flexibility index (Phi) is 8.59. The first kappa shape index (κ1) is 22.5. The molecular weight excluding hydrogens is 388 g/mol. The van der Waals surface area contributed by atoms with Gasteiger partial charge in [0.1, 0.15) is 5.75 Å². The molecule has 1 aromatic heterocycles. The van der Waals surface area contributed by atoms with Crippen molar-refractivity contribution in [3.8, 4) is 22.9 Å². The first-order valence-electron chi connectivity index (χ1n) is 11.1. The Morgan fingerprint density at radius 3 is 2.06 bits per heavy atom. The van der Waals surface area contributed by atoms with Gasteiger partial charge in [-0.05, 0) is 53.8 Å². The van der Waals surface area contributed by atoms with Crippen molar-refractivity contribution in [2.45, 2.75) is 52.4 Å². The third kappa shape index (κ3) is 6.92. The number of ether oxygens (including phenoxy) is 2. The molecule has 0 atom stereocenters. The van der Waals surface area contributed by atoms with Crippen LogP contribution in [0.15, 0.2) is 60.9 Å². The van der Waals surface area contributed by atoms with Gasteiger partial charge in [0, 0.05) is 12.4 Å². The van der Waals surface area contributed by atoms with Crippen LogP contribution in [0.1, 0.15) is 61.9 Å². The largest absolute Gasteiger partial charge is 0.494 e. The Hall–Kier alpha value is -3.21. The summed E-state index contributed by atoms with van der Waals surface area (Å²) in [5, 5.41) is 0. The number of aryl methyl sites for hydroxylation is 1. The molecule has 31 heavy (non-hydrogen) atoms. The van der Waals surface area contributed by atoms with E-state index in [4.69, 9.17) is 9.47 Å². The second-order valence-corrected chi connectivity index (χ2v) is 7.52. The van der Waals surface area contributed by atoms with Gasteiger partial charge in [-0.1, -0.05) is 63.8 Å². The van der Waals surface area contributed by atoms with Crippen molar-refractivity contribution in [3.63, 3.8) is 0 Å². The van der Waals surface area contributed by atoms with Crippen LogP contribution in [0.5, 0.6) is 11.8 Å². The minimum absolute atomic E-state index is 0.0687. The fourth-order valence-corrected chi connectivity index (χ4v) is 3.22. The third-order valence-electron chi connectivity index (χ3n) is 4.98. The first-order chi connectivity index (χ1) is 15.2. The van der Waals surface area contributed by atoms with Crippen molar-refractivity contribution in [3.05, 3.63) is 72.1 Å². The first-order valence-corrected chi connectivity index (χ1v) is 11.1. The van der Waals surface area contributed by atoms with Gasteiger partial charge in [-0.3, -0.25) is 0 Å². The Balaban J connectivity index is 1.54. The van der Waals surface area contributed by atoms with Gasteiger partial charge in [0.2, 0.25) is 0 Å². The van der Waals surface area contributed by atoms with Crippen LogP contribution in [0, 0.1) is 0 Å². The molecular formula is C26H30N2O3. The predicted octanol–water partition coefficient (Wildman–Crippen LogP) is 6.27. The zero-order valence-corrected chi connectivity index (χ0v) is 18.3. The number of carbonyl (C=O) groups is 1. The quantitative estimate of drug-likeness (QED) is 0.271. The normalized spacial score (nSPS) is 10.6. The van der Waals surface area contributed by atoms with Crippen molar-refractivity contribution >= 4 is 5.97 Å². The van der Waals surface area contributed by atoms with E-state index in [9.17, 15) is 4.79 Å². The molecule has 1 heterocycles. The van der Waals surface area contributed by atoms with Crippen LogP contribution < -0.4 is 9.47 Å². The summed E-state index contributed by atoms with van der Waals surface area (Å²) in [5.74, 6) is 0.409. The monoisotopic (exact) mass is 418 g/mol. The van der Waals surface area contributed by atoms with Crippen LogP contribution in [-0.2, 0) is 6.42 Å². The molecule has 0 saturated heterocycles. The molecule has 3 aromatic rings. The van der Waals surface area contributed by atoms with Crippen molar-refractivity contribution in [1.29, 1.82) is 0 Å². The number of rotatable bonds is 11. The summed E-state index contributed by atoms with van der Waals surface area (Å²) in [6.07, 6.45) is 10.1. The highest BCUT2D eigenvalue weighted by molar-refractivity contribution is 5.91. The van der Waals surface area contributed by atoms with Crippen LogP contribution in [0.3, 0.4) is 0 Å². The van der Waals surface area contributed by atoms with Crippen molar-refractivity contribution < 1.29 is 14.3 Å². The van der Waals surface area contributed by atoms with Gasteiger partial charge in [0.15, 0.2) is 0 Å². The lowest BCUT2D eigenvalue weighted by Gasteiger charge is -2.08. The predicted molar refractivity (Wildman–Crippen MR) is 123 cm³/mol. The highest BCUT2D eigenvalue weighted by atomic mass is 16.5. The maximum atomic E-state index is 12.4. The summed E-state index contributed by atoms with van der Waals surface area (Å²) < 4.78 is 11.1. The average molecular weight is 419 g/mol. The SMILES string of the molecule is CCCCCCOc1ccc(-c2ccc(C(=O)Oc3ncc(CCC)cn3)cc2)cc1. The fraction of sp³-hybridized carbons (Fsp3) is 0.346. The molecule has 5 heteroatoms. The van der Waals surface area contributed by atoms with Gasteiger partial charge in [0.05, 0.1) is 12.2 Å². The maximum absolute atomic E-state index is 12.4. The lowest BCUT2D eigenvalue weighted by molar-refractivity contribution is 0.0719. The molecule has 5 nitrogen and oxygen atoms in total. The Bertz CT molecular complexity index is 936. The summed E-state index contributed by atoms with van der Waals surface area (Å²) in [6, 6.07) is 15.4. The van der Waals surface area contributed by atoms with E-state index in [-0.39, 0.29) is 6.01 Å². The second kappa shape index (κ2) is 11.8. The van der Waals surface area contributed by atoms with E-state index in [0.717, 1.165) is 48.3 Å². The summed E-state index contributed by atoms with van der Waals surface area (Å²) in [7, 11) is 0. The average Bonchev–Trinajstić information content (AvgIpc) is 2.81. The van der Waals surface area contributed by atoms with E-state index < -0.39 is 5.97 Å². The summed E-state index contributed by atoms with van der Waals surface area (Å²) in [5.41, 5.74) is 3.57. The number of unbranched alkanes of at least 4 members (excludes halogenated alkanes) is 3. The third-order valence-corrected chi connectivity index (χ3v) is 4.98. The number of hydrogen-bond donors (Lipinski definition) is 0. The topological polar surface area (TPSA) is 61.3 Å². The number of benzene rings is 2. The second-order valence-electron chi connectivity index (χ2n) is 7.52. The molecule has 3 rings (SSSR count). The Labute approximate surface area is 184 Å². The van der Waals surface area contributed by atoms with E-state index in [1.165, 1.54) is 19.3 Å². The molecule has 0 aliphatic carbocycles. The fourth-order valence-electron chi connectivity index (χ4n) is 3.22. The standard InChI is InChI=1S/C26H30N2O3/c1-3-5-6-7-17-30-24-15-13-22(14-16-24)21-9-11-23(12-10-21)25(29)31-26-27-18-20(8-4-2)19-28-26/h9-16,18-19H,3-8,17H2,1-2H3. The molecule has 0 bridgehead atoms. The molecule has 0 radical (unpaired) electrons. The van der Waals surface area contributed by atoms with Gasteiger partial charge in [-0.25, -0.2) is 14.8 Å². The van der Waals surface area contributed by atoms with E-state index in [1.54, 1.807) is 24.5 Å². The molecule has 0 amide bonds. The Morgan fingerprint density at radius 2 is 1.45 bits per heavy atom. The minimum atomic E-state index is -0.471. The highest BCUT2D eigenvalue weighted by Gasteiger charge is 2.11. The molecule has 0 aliphatic heterocycles. The van der Waals surface area contributed by atoms with E-state index in [2.05, 4.69) is 23.8 Å². The zero-order chi connectivity index (χ0) is 21.9. The maximum Gasteiger partial charge on any atom is 0.345 e. The van der Waals surface area contributed by atoms with E-state index in [1.807, 2.05) is 36.4 Å². The van der Waals surface area contributed by atoms with Gasteiger partial charge in [0.25, 0.3) is 0 Å². The van der Waals surface area contributed by atoms with Gasteiger partial charge >= 0.3 is 12.0 Å². The van der Waals surface area contributed by atoms with Gasteiger partial charge < -0.3 is 9.47 Å². The molecule has 2 aromatic carbocycles. The number of aromatic nitrogens is 2. The lowest BCUT2D eigenvalue weighted by Crippen LogP contribution is -2.10. The van der Waals surface area contributed by atoms with E-state index in [0.29, 0.717) is 5.56 Å². The number of nitrogens with zero attached hydrogens (tertiary/aromatic N) is 2. The highest BCUT2D eigenvalue weighted by Crippen LogP contribution is 2.23. The van der Waals surface area contributed by atoms with Crippen LogP contribution in [0.4, 0.5) is 0 Å². The van der Waals surface area contributed by atoms with Crippen molar-refractivity contribution in [2.24, 2.45) is 0 Å². The molecule has 0 spiro atoms. The van der Waals surface area contributed by atoms with Crippen LogP contribution in [0.2, 0.25) is 0 Å². The molecule has 0 unspecified atom stereocenters. The summed E-state index contributed by atoms with van der Waals surface area (Å²) in [6.45, 7) is 5.05. The molecule has 0 aliphatic rings. The molecule has 0 N–H and O–H groups in total. The van der Waals surface area contributed by atoms with Crippen LogP contribution in [0.25, 0.3) is 11.1 Å².